The number of nitrogens with one attached hydrogen (secondary N) is 1. The molecule has 0 amide bonds. The maximum Gasteiger partial charge on any atom is 0.329 e. The predicted octanol–water partition coefficient (Wildman–Crippen LogP) is -0.516. The molecule has 1 aromatic heterocycles. The third kappa shape index (κ3) is 3.27. The molecule has 7 nitrogen and oxygen atoms in total. The zero-order valence-electron chi connectivity index (χ0n) is 10.4. The standard InChI is InChI=1S/C11H18N4O3/c1-18-11(17)10(12-6-8-2-3-8)9-7-15(4-5-16)14-13-9/h7-8,10,12,16H,2-6H2,1H3. The lowest BCUT2D eigenvalue weighted by Crippen LogP contribution is -2.31. The Balaban J connectivity index is 2.02. The Morgan fingerprint density at radius 2 is 2.50 bits per heavy atom. The zero-order chi connectivity index (χ0) is 13.0. The van der Waals surface area contributed by atoms with Crippen LogP contribution in [0.4, 0.5) is 0 Å². The number of hydrogen-bond donors (Lipinski definition) is 2. The summed E-state index contributed by atoms with van der Waals surface area (Å²) < 4.78 is 6.26. The summed E-state index contributed by atoms with van der Waals surface area (Å²) in [6.45, 7) is 1.14. The summed E-state index contributed by atoms with van der Waals surface area (Å²) in [4.78, 5) is 11.7. The van der Waals surface area contributed by atoms with Crippen molar-refractivity contribution in [3.63, 3.8) is 0 Å². The van der Waals surface area contributed by atoms with Crippen LogP contribution in [0.1, 0.15) is 24.6 Å². The fourth-order valence-electron chi connectivity index (χ4n) is 1.69. The number of methoxy groups -OCH3 is 1. The van der Waals surface area contributed by atoms with Crippen molar-refractivity contribution in [3.8, 4) is 0 Å². The fraction of sp³-hybridized carbons (Fsp3) is 0.727. The van der Waals surface area contributed by atoms with E-state index in [4.69, 9.17) is 9.84 Å². The molecule has 2 N–H and O–H groups in total. The van der Waals surface area contributed by atoms with Crippen LogP contribution in [-0.4, -0.2) is 46.3 Å². The smallest absolute Gasteiger partial charge is 0.329 e. The van der Waals surface area contributed by atoms with Gasteiger partial charge in [-0.15, -0.1) is 5.10 Å². The molecule has 1 fully saturated rings. The molecule has 1 aliphatic carbocycles. The number of aromatic nitrogens is 3. The van der Waals surface area contributed by atoms with Crippen LogP contribution in [-0.2, 0) is 16.1 Å². The number of esters is 1. The van der Waals surface area contributed by atoms with E-state index in [2.05, 4.69) is 15.6 Å². The van der Waals surface area contributed by atoms with Crippen molar-refractivity contribution in [1.29, 1.82) is 0 Å². The van der Waals surface area contributed by atoms with Crippen LogP contribution < -0.4 is 5.32 Å². The van der Waals surface area contributed by atoms with Gasteiger partial charge in [0.1, 0.15) is 5.69 Å². The van der Waals surface area contributed by atoms with Gasteiger partial charge in [0.2, 0.25) is 0 Å². The highest BCUT2D eigenvalue weighted by Gasteiger charge is 2.28. The van der Waals surface area contributed by atoms with Gasteiger partial charge in [-0.05, 0) is 25.3 Å². The Kier molecular flexibility index (Phi) is 4.27. The minimum absolute atomic E-state index is 0.0127. The van der Waals surface area contributed by atoms with Gasteiger partial charge in [0, 0.05) is 0 Å². The van der Waals surface area contributed by atoms with Gasteiger partial charge in [0.05, 0.1) is 26.5 Å². The van der Waals surface area contributed by atoms with E-state index in [0.29, 0.717) is 18.2 Å². The maximum absolute atomic E-state index is 11.7. The average Bonchev–Trinajstić information content (AvgIpc) is 3.09. The summed E-state index contributed by atoms with van der Waals surface area (Å²) in [7, 11) is 1.35. The quantitative estimate of drug-likeness (QED) is 0.637. The molecular weight excluding hydrogens is 236 g/mol. The molecule has 0 radical (unpaired) electrons. The topological polar surface area (TPSA) is 89.3 Å². The van der Waals surface area contributed by atoms with Crippen molar-refractivity contribution in [2.75, 3.05) is 20.3 Å². The van der Waals surface area contributed by atoms with Crippen LogP contribution in [0.15, 0.2) is 6.20 Å². The molecule has 0 aliphatic heterocycles. The Labute approximate surface area is 105 Å². The Morgan fingerprint density at radius 1 is 1.72 bits per heavy atom. The fourth-order valence-corrected chi connectivity index (χ4v) is 1.69. The Hall–Kier alpha value is -1.47. The number of nitrogens with zero attached hydrogens (tertiary/aromatic N) is 3. The molecule has 18 heavy (non-hydrogen) atoms. The third-order valence-electron chi connectivity index (χ3n) is 2.93. The van der Waals surface area contributed by atoms with Crippen molar-refractivity contribution in [2.45, 2.75) is 25.4 Å². The van der Waals surface area contributed by atoms with Crippen LogP contribution in [0.5, 0.6) is 0 Å². The molecule has 0 aromatic carbocycles. The highest BCUT2D eigenvalue weighted by atomic mass is 16.5. The van der Waals surface area contributed by atoms with E-state index in [9.17, 15) is 4.79 Å². The number of aliphatic hydroxyl groups excluding tert-OH is 1. The van der Waals surface area contributed by atoms with Gasteiger partial charge in [0.25, 0.3) is 0 Å². The molecule has 1 heterocycles. The van der Waals surface area contributed by atoms with Crippen LogP contribution in [0.25, 0.3) is 0 Å². The molecular formula is C11H18N4O3. The minimum Gasteiger partial charge on any atom is -0.468 e. The van der Waals surface area contributed by atoms with E-state index in [1.807, 2.05) is 0 Å². The van der Waals surface area contributed by atoms with Gasteiger partial charge in [-0.3, -0.25) is 5.32 Å². The molecule has 0 spiro atoms. The molecule has 100 valence electrons. The van der Waals surface area contributed by atoms with Crippen molar-refractivity contribution in [1.82, 2.24) is 20.3 Å². The predicted molar refractivity (Wildman–Crippen MR) is 62.6 cm³/mol. The summed E-state index contributed by atoms with van der Waals surface area (Å²) in [5.74, 6) is 0.288. The first-order chi connectivity index (χ1) is 8.74. The highest BCUT2D eigenvalue weighted by Crippen LogP contribution is 2.28. The number of carbonyl (C=O) groups is 1. The number of ether oxygens (including phenoxy) is 1. The van der Waals surface area contributed by atoms with Crippen LogP contribution in [0.2, 0.25) is 0 Å². The molecule has 2 rings (SSSR count). The second-order valence-electron chi connectivity index (χ2n) is 4.44. The largest absolute Gasteiger partial charge is 0.468 e. The third-order valence-corrected chi connectivity index (χ3v) is 2.93. The second-order valence-corrected chi connectivity index (χ2v) is 4.44. The number of aliphatic hydroxyl groups is 1. The first-order valence-corrected chi connectivity index (χ1v) is 6.06. The van der Waals surface area contributed by atoms with Crippen LogP contribution in [0, 0.1) is 5.92 Å². The summed E-state index contributed by atoms with van der Waals surface area (Å²) >= 11 is 0. The lowest BCUT2D eigenvalue weighted by Gasteiger charge is -2.13. The van der Waals surface area contributed by atoms with Gasteiger partial charge >= 0.3 is 5.97 Å². The van der Waals surface area contributed by atoms with E-state index in [0.717, 1.165) is 6.54 Å². The zero-order valence-corrected chi connectivity index (χ0v) is 10.4. The van der Waals surface area contributed by atoms with Gasteiger partial charge in [-0.1, -0.05) is 5.21 Å². The second kappa shape index (κ2) is 5.92. The Bertz CT molecular complexity index is 403. The normalized spacial score (nSPS) is 16.6. The maximum atomic E-state index is 11.7. The lowest BCUT2D eigenvalue weighted by atomic mass is 10.2. The average molecular weight is 254 g/mol. The first kappa shape index (κ1) is 13.0. The van der Waals surface area contributed by atoms with E-state index < -0.39 is 6.04 Å². The van der Waals surface area contributed by atoms with Gasteiger partial charge in [0.15, 0.2) is 6.04 Å². The molecule has 1 aromatic rings. The first-order valence-electron chi connectivity index (χ1n) is 6.06. The van der Waals surface area contributed by atoms with Crippen LogP contribution in [0.3, 0.4) is 0 Å². The van der Waals surface area contributed by atoms with Gasteiger partial charge in [-0.2, -0.15) is 0 Å². The molecule has 0 saturated heterocycles. The van der Waals surface area contributed by atoms with E-state index in [1.54, 1.807) is 6.20 Å². The molecule has 1 aliphatic rings. The summed E-state index contributed by atoms with van der Waals surface area (Å²) in [5.41, 5.74) is 0.524. The van der Waals surface area contributed by atoms with Gasteiger partial charge < -0.3 is 9.84 Å². The molecule has 7 heteroatoms. The minimum atomic E-state index is -0.581. The molecule has 1 saturated carbocycles. The summed E-state index contributed by atoms with van der Waals surface area (Å²) in [5, 5.41) is 19.7. The van der Waals surface area contributed by atoms with E-state index in [1.165, 1.54) is 24.6 Å². The highest BCUT2D eigenvalue weighted by molar-refractivity contribution is 5.76. The van der Waals surface area contributed by atoms with Crippen molar-refractivity contribution >= 4 is 5.97 Å². The van der Waals surface area contributed by atoms with Crippen molar-refractivity contribution in [3.05, 3.63) is 11.9 Å². The lowest BCUT2D eigenvalue weighted by molar-refractivity contribution is -0.143. The van der Waals surface area contributed by atoms with Crippen molar-refractivity contribution < 1.29 is 14.6 Å². The van der Waals surface area contributed by atoms with Crippen molar-refractivity contribution in [2.24, 2.45) is 5.92 Å². The Morgan fingerprint density at radius 3 is 3.11 bits per heavy atom. The molecule has 0 bridgehead atoms. The monoisotopic (exact) mass is 254 g/mol. The molecule has 1 unspecified atom stereocenters. The molecule has 1 atom stereocenters. The number of hydrogen-bond acceptors (Lipinski definition) is 6. The number of carbonyl (C=O) groups excluding carboxylic acids is 1. The number of rotatable bonds is 7. The van der Waals surface area contributed by atoms with E-state index >= 15 is 0 Å². The van der Waals surface area contributed by atoms with Gasteiger partial charge in [-0.25, -0.2) is 9.48 Å². The summed E-state index contributed by atoms with van der Waals surface area (Å²) in [6, 6.07) is -0.581. The summed E-state index contributed by atoms with van der Waals surface area (Å²) in [6.07, 6.45) is 4.06. The van der Waals surface area contributed by atoms with E-state index in [-0.39, 0.29) is 12.6 Å². The SMILES string of the molecule is COC(=O)C(NCC1CC1)c1cn(CCO)nn1. The van der Waals surface area contributed by atoms with Crippen LogP contribution >= 0.6 is 0 Å².